The monoisotopic (exact) mass is 513 g/mol. The van der Waals surface area contributed by atoms with E-state index < -0.39 is 0 Å². The quantitative estimate of drug-likeness (QED) is 0.272. The van der Waals surface area contributed by atoms with Gasteiger partial charge in [0.25, 0.3) is 0 Å². The van der Waals surface area contributed by atoms with Crippen molar-refractivity contribution in [3.8, 4) is 0 Å². The zero-order chi connectivity index (χ0) is 26.6. The lowest BCUT2D eigenvalue weighted by Crippen LogP contribution is -2.35. The topological polar surface area (TPSA) is 76.8 Å². The Bertz CT molecular complexity index is 943. The number of nitrogens with two attached hydrogens (primary N) is 1. The fraction of sp³-hybridized carbons (Fsp3) is 0.517. The van der Waals surface area contributed by atoms with E-state index >= 15 is 0 Å². The van der Waals surface area contributed by atoms with Crippen molar-refractivity contribution < 1.29 is 5.11 Å². The van der Waals surface area contributed by atoms with Crippen molar-refractivity contribution in [3.05, 3.63) is 71.4 Å². The van der Waals surface area contributed by atoms with Crippen LogP contribution in [0, 0.1) is 12.3 Å². The van der Waals surface area contributed by atoms with Crippen LogP contribution >= 0.6 is 12.6 Å². The molecule has 1 heterocycles. The number of benzene rings is 2. The van der Waals surface area contributed by atoms with E-state index in [2.05, 4.69) is 85.0 Å². The Hall–Kier alpha value is -2.03. The standard InChI is InChI=1S/C18H30N2OS.C11H17N3/c1-18(2,3)7-8-19-9-10-20(14-16(21)13-19)12-15-5-4-6-17(22)11-15;1-9-5-3-4-6-10(9)11(7-13-2)14-8-12/h4-6,11,16,21-22H,7-10,12-14H2,1-3H3;3-7,13-14H,8,12H2,1-2H3/b;11-7-. The van der Waals surface area contributed by atoms with Crippen LogP contribution in [-0.2, 0) is 6.54 Å². The number of hydrogen-bond donors (Lipinski definition) is 5. The highest BCUT2D eigenvalue weighted by molar-refractivity contribution is 7.80. The molecule has 0 aromatic heterocycles. The molecule has 0 spiro atoms. The van der Waals surface area contributed by atoms with Crippen LogP contribution in [0.3, 0.4) is 0 Å². The van der Waals surface area contributed by atoms with Crippen LogP contribution < -0.4 is 16.4 Å². The van der Waals surface area contributed by atoms with Crippen molar-refractivity contribution in [3.63, 3.8) is 0 Å². The van der Waals surface area contributed by atoms with Gasteiger partial charge < -0.3 is 21.5 Å². The van der Waals surface area contributed by atoms with Crippen LogP contribution in [0.5, 0.6) is 0 Å². The molecule has 2 aromatic carbocycles. The Balaban J connectivity index is 0.000000281. The van der Waals surface area contributed by atoms with Gasteiger partial charge in [0.15, 0.2) is 0 Å². The molecular formula is C29H47N5OS. The van der Waals surface area contributed by atoms with E-state index in [1.165, 1.54) is 23.1 Å². The second-order valence-electron chi connectivity index (χ2n) is 10.7. The van der Waals surface area contributed by atoms with Crippen molar-refractivity contribution in [2.75, 3.05) is 46.4 Å². The number of nitrogens with one attached hydrogen (secondary N) is 2. The van der Waals surface area contributed by atoms with E-state index in [9.17, 15) is 5.11 Å². The van der Waals surface area contributed by atoms with Gasteiger partial charge in [-0.05, 0) is 48.6 Å². The third kappa shape index (κ3) is 11.4. The van der Waals surface area contributed by atoms with Gasteiger partial charge in [0.2, 0.25) is 0 Å². The number of aliphatic hydroxyl groups excluding tert-OH is 1. The molecule has 0 amide bonds. The fourth-order valence-electron chi connectivity index (χ4n) is 4.23. The van der Waals surface area contributed by atoms with Gasteiger partial charge in [-0.3, -0.25) is 9.80 Å². The Morgan fingerprint density at radius 3 is 2.44 bits per heavy atom. The summed E-state index contributed by atoms with van der Waals surface area (Å²) >= 11 is 4.40. The summed E-state index contributed by atoms with van der Waals surface area (Å²) in [7, 11) is 1.87. The maximum absolute atomic E-state index is 10.3. The zero-order valence-corrected chi connectivity index (χ0v) is 23.7. The molecular weight excluding hydrogens is 466 g/mol. The predicted octanol–water partition coefficient (Wildman–Crippen LogP) is 3.91. The predicted molar refractivity (Wildman–Crippen MR) is 156 cm³/mol. The molecule has 5 N–H and O–H groups in total. The second kappa shape index (κ2) is 15.3. The average molecular weight is 514 g/mol. The smallest absolute Gasteiger partial charge is 0.0793 e. The molecule has 3 rings (SSSR count). The van der Waals surface area contributed by atoms with Crippen molar-refractivity contribution in [1.82, 2.24) is 20.4 Å². The fourth-order valence-corrected chi connectivity index (χ4v) is 4.48. The third-order valence-corrected chi connectivity index (χ3v) is 6.46. The number of thiol groups is 1. The van der Waals surface area contributed by atoms with Crippen molar-refractivity contribution >= 4 is 18.3 Å². The van der Waals surface area contributed by atoms with Gasteiger partial charge in [-0.1, -0.05) is 57.2 Å². The molecule has 6 nitrogen and oxygen atoms in total. The number of aliphatic hydroxyl groups is 1. The Labute approximate surface area is 224 Å². The molecule has 1 unspecified atom stereocenters. The normalized spacial score (nSPS) is 17.7. The largest absolute Gasteiger partial charge is 0.392 e. The molecule has 0 bridgehead atoms. The first-order valence-corrected chi connectivity index (χ1v) is 13.3. The van der Waals surface area contributed by atoms with Crippen LogP contribution in [0.15, 0.2) is 59.6 Å². The summed E-state index contributed by atoms with van der Waals surface area (Å²) in [6.07, 6.45) is 2.82. The Morgan fingerprint density at radius 1 is 1.11 bits per heavy atom. The number of β-amino-alcohol motifs (C(OH)–C–C–N with tert-alkyl or cyclic N) is 1. The van der Waals surface area contributed by atoms with Crippen molar-refractivity contribution in [1.29, 1.82) is 0 Å². The maximum atomic E-state index is 10.3. The molecule has 1 aliphatic heterocycles. The molecule has 200 valence electrons. The first kappa shape index (κ1) is 30.2. The van der Waals surface area contributed by atoms with Crippen LogP contribution in [-0.4, -0.2) is 67.5 Å². The highest BCUT2D eigenvalue weighted by Crippen LogP contribution is 2.20. The van der Waals surface area contributed by atoms with Crippen LogP contribution in [0.4, 0.5) is 0 Å². The first-order chi connectivity index (χ1) is 17.1. The van der Waals surface area contributed by atoms with Crippen molar-refractivity contribution in [2.24, 2.45) is 11.1 Å². The number of nitrogens with zero attached hydrogens (tertiary/aromatic N) is 2. The summed E-state index contributed by atoms with van der Waals surface area (Å²) in [6, 6.07) is 16.5. The first-order valence-electron chi connectivity index (χ1n) is 12.9. The van der Waals surface area contributed by atoms with Gasteiger partial charge in [-0.2, -0.15) is 0 Å². The molecule has 0 radical (unpaired) electrons. The van der Waals surface area contributed by atoms with Gasteiger partial charge in [0, 0.05) is 56.4 Å². The lowest BCUT2D eigenvalue weighted by Gasteiger charge is -2.26. The van der Waals surface area contributed by atoms with Crippen LogP contribution in [0.2, 0.25) is 0 Å². The second-order valence-corrected chi connectivity index (χ2v) is 11.2. The Kier molecular flexibility index (Phi) is 12.8. The van der Waals surface area contributed by atoms with Crippen molar-refractivity contribution in [2.45, 2.75) is 51.7 Å². The molecule has 1 atom stereocenters. The molecule has 2 aromatic rings. The summed E-state index contributed by atoms with van der Waals surface area (Å²) in [5.74, 6) is 0. The minimum Gasteiger partial charge on any atom is -0.392 e. The number of hydrogen-bond acceptors (Lipinski definition) is 7. The summed E-state index contributed by atoms with van der Waals surface area (Å²) in [5, 5.41) is 16.4. The number of aryl methyl sites for hydroxylation is 1. The number of rotatable bonds is 8. The maximum Gasteiger partial charge on any atom is 0.0793 e. The molecule has 1 fully saturated rings. The summed E-state index contributed by atoms with van der Waals surface area (Å²) in [6.45, 7) is 14.9. The third-order valence-electron chi connectivity index (χ3n) is 6.18. The van der Waals surface area contributed by atoms with E-state index in [-0.39, 0.29) is 6.10 Å². The van der Waals surface area contributed by atoms with E-state index in [4.69, 9.17) is 5.73 Å². The molecule has 0 aliphatic carbocycles. The minimum atomic E-state index is -0.262. The summed E-state index contributed by atoms with van der Waals surface area (Å²) in [5.41, 5.74) is 10.5. The Morgan fingerprint density at radius 2 is 1.81 bits per heavy atom. The van der Waals surface area contributed by atoms with E-state index in [0.717, 1.165) is 49.9 Å². The van der Waals surface area contributed by atoms with Crippen LogP contribution in [0.25, 0.3) is 5.70 Å². The minimum absolute atomic E-state index is 0.262. The highest BCUT2D eigenvalue weighted by Gasteiger charge is 2.22. The molecule has 7 heteroatoms. The lowest BCUT2D eigenvalue weighted by molar-refractivity contribution is 0.104. The van der Waals surface area contributed by atoms with Gasteiger partial charge in [0.05, 0.1) is 18.5 Å². The molecule has 36 heavy (non-hydrogen) atoms. The summed E-state index contributed by atoms with van der Waals surface area (Å²) < 4.78 is 0. The van der Waals surface area contributed by atoms with Crippen LogP contribution in [0.1, 0.15) is 43.9 Å². The van der Waals surface area contributed by atoms with Gasteiger partial charge in [-0.15, -0.1) is 12.6 Å². The summed E-state index contributed by atoms with van der Waals surface area (Å²) in [4.78, 5) is 5.76. The molecule has 0 saturated carbocycles. The molecule has 1 aliphatic rings. The molecule has 1 saturated heterocycles. The SMILES string of the molecule is CC(C)(C)CCN1CCN(Cc2cccc(S)c2)CC(O)C1.CN/C=C(\NCN)c1ccccc1C. The van der Waals surface area contributed by atoms with E-state index in [1.807, 2.05) is 37.5 Å². The highest BCUT2D eigenvalue weighted by atomic mass is 32.1. The average Bonchev–Trinajstić information content (AvgIpc) is 2.98. The van der Waals surface area contributed by atoms with E-state index in [0.29, 0.717) is 12.1 Å². The van der Waals surface area contributed by atoms with E-state index in [1.54, 1.807) is 0 Å². The van der Waals surface area contributed by atoms with Gasteiger partial charge in [-0.25, -0.2) is 0 Å². The zero-order valence-electron chi connectivity index (χ0n) is 22.8. The lowest BCUT2D eigenvalue weighted by atomic mass is 9.92. The van der Waals surface area contributed by atoms with Gasteiger partial charge in [0.1, 0.15) is 0 Å². The van der Waals surface area contributed by atoms with Gasteiger partial charge >= 0.3 is 0 Å².